The first-order chi connectivity index (χ1) is 21.0. The highest BCUT2D eigenvalue weighted by Gasteiger charge is 2.38. The van der Waals surface area contributed by atoms with E-state index in [2.05, 4.69) is 13.8 Å². The molecule has 0 heterocycles. The van der Waals surface area contributed by atoms with Gasteiger partial charge in [-0.3, -0.25) is 9.59 Å². The lowest BCUT2D eigenvalue weighted by Gasteiger charge is -2.31. The summed E-state index contributed by atoms with van der Waals surface area (Å²) in [5.74, 6) is -1.07. The smallest absolute Gasteiger partial charge is 0.309 e. The zero-order valence-electron chi connectivity index (χ0n) is 28.1. The first-order valence-corrected chi connectivity index (χ1v) is 19.6. The molecule has 0 radical (unpaired) electrons. The van der Waals surface area contributed by atoms with Gasteiger partial charge in [-0.25, -0.2) is 4.21 Å². The molecule has 1 fully saturated rings. The molecule has 0 aliphatic heterocycles. The highest BCUT2D eigenvalue weighted by molar-refractivity contribution is 7.79. The van der Waals surface area contributed by atoms with Gasteiger partial charge in [0.2, 0.25) is 0 Å². The molecule has 254 valence electrons. The molecule has 0 bridgehead atoms. The molecule has 4 unspecified atom stereocenters. The van der Waals surface area contributed by atoms with Crippen LogP contribution in [0.2, 0.25) is 0 Å². The highest BCUT2D eigenvalue weighted by Crippen LogP contribution is 2.31. The van der Waals surface area contributed by atoms with Crippen molar-refractivity contribution < 1.29 is 27.8 Å². The Balaban J connectivity index is 2.14. The van der Waals surface area contributed by atoms with E-state index in [9.17, 15) is 18.4 Å². The minimum Gasteiger partial charge on any atom is -0.465 e. The maximum Gasteiger partial charge on any atom is 0.309 e. The Morgan fingerprint density at radius 3 is 1.47 bits per heavy atom. The third-order valence-corrected chi connectivity index (χ3v) is 9.97. The quantitative estimate of drug-likeness (QED) is 0.0503. The molecule has 1 aliphatic rings. The summed E-state index contributed by atoms with van der Waals surface area (Å²) in [5.41, 5.74) is 0. The van der Waals surface area contributed by atoms with E-state index in [1.165, 1.54) is 122 Å². The van der Waals surface area contributed by atoms with E-state index in [1.54, 1.807) is 0 Å². The van der Waals surface area contributed by atoms with E-state index < -0.39 is 28.4 Å². The lowest BCUT2D eigenvalue weighted by molar-refractivity contribution is -0.158. The zero-order valence-corrected chi connectivity index (χ0v) is 29.0. The van der Waals surface area contributed by atoms with Gasteiger partial charge in [0, 0.05) is 12.8 Å². The molecule has 0 aromatic carbocycles. The normalized spacial score (nSPS) is 19.3. The number of unbranched alkanes of at least 4 members (excludes halogenated alkanes) is 22. The summed E-state index contributed by atoms with van der Waals surface area (Å²) < 4.78 is 32.8. The average molecular weight is 629 g/mol. The van der Waals surface area contributed by atoms with Gasteiger partial charge in [-0.15, -0.1) is 0 Å². The zero-order chi connectivity index (χ0) is 31.4. The summed E-state index contributed by atoms with van der Waals surface area (Å²) >= 11 is -2.05. The van der Waals surface area contributed by atoms with Gasteiger partial charge < -0.3 is 14.0 Å². The van der Waals surface area contributed by atoms with Crippen molar-refractivity contribution in [1.82, 2.24) is 0 Å². The molecule has 6 nitrogen and oxygen atoms in total. The van der Waals surface area contributed by atoms with Crippen LogP contribution in [-0.2, 0) is 30.1 Å². The Kier molecular flexibility index (Phi) is 26.6. The molecule has 0 aromatic rings. The minimum absolute atomic E-state index is 0.259. The fraction of sp³-hybridized carbons (Fsp3) is 0.944. The largest absolute Gasteiger partial charge is 0.465 e. The van der Waals surface area contributed by atoms with Gasteiger partial charge in [0.15, 0.2) is 11.1 Å². The van der Waals surface area contributed by atoms with Crippen molar-refractivity contribution in [2.24, 2.45) is 5.92 Å². The van der Waals surface area contributed by atoms with E-state index in [4.69, 9.17) is 9.47 Å². The second kappa shape index (κ2) is 28.5. The van der Waals surface area contributed by atoms with Crippen LogP contribution >= 0.6 is 0 Å². The summed E-state index contributed by atoms with van der Waals surface area (Å²) in [6.07, 6.45) is 30.8. The fourth-order valence-electron chi connectivity index (χ4n) is 6.26. The maximum atomic E-state index is 12.8. The number of carbonyl (C=O) groups is 2. The number of esters is 2. The summed E-state index contributed by atoms with van der Waals surface area (Å²) in [7, 11) is 0. The van der Waals surface area contributed by atoms with Crippen LogP contribution < -0.4 is 0 Å². The van der Waals surface area contributed by atoms with E-state index in [0.29, 0.717) is 32.3 Å². The van der Waals surface area contributed by atoms with Crippen LogP contribution in [0.3, 0.4) is 0 Å². The van der Waals surface area contributed by atoms with Crippen molar-refractivity contribution in [2.75, 3.05) is 6.61 Å². The first kappa shape index (κ1) is 40.1. The van der Waals surface area contributed by atoms with Crippen LogP contribution in [0, 0.1) is 5.92 Å². The minimum atomic E-state index is -2.05. The van der Waals surface area contributed by atoms with Crippen molar-refractivity contribution in [3.05, 3.63) is 0 Å². The third kappa shape index (κ3) is 23.1. The van der Waals surface area contributed by atoms with Gasteiger partial charge in [0.05, 0.1) is 17.8 Å². The van der Waals surface area contributed by atoms with E-state index >= 15 is 0 Å². The number of rotatable bonds is 29. The van der Waals surface area contributed by atoms with Gasteiger partial charge in [-0.2, -0.15) is 0 Å². The van der Waals surface area contributed by atoms with Crippen LogP contribution in [0.4, 0.5) is 0 Å². The fourth-order valence-corrected chi connectivity index (χ4v) is 7.03. The molecule has 0 aromatic heterocycles. The molecular weight excluding hydrogens is 560 g/mol. The van der Waals surface area contributed by atoms with E-state index in [1.807, 2.05) is 0 Å². The van der Waals surface area contributed by atoms with Crippen molar-refractivity contribution in [3.8, 4) is 0 Å². The monoisotopic (exact) mass is 628 g/mol. The number of hydrogen-bond acceptors (Lipinski definition) is 5. The van der Waals surface area contributed by atoms with Gasteiger partial charge in [0.1, 0.15) is 6.10 Å². The van der Waals surface area contributed by atoms with Crippen LogP contribution in [0.15, 0.2) is 0 Å². The highest BCUT2D eigenvalue weighted by atomic mass is 32.2. The van der Waals surface area contributed by atoms with Crippen LogP contribution in [0.25, 0.3) is 0 Å². The van der Waals surface area contributed by atoms with Gasteiger partial charge in [0.25, 0.3) is 0 Å². The van der Waals surface area contributed by atoms with Crippen molar-refractivity contribution in [3.63, 3.8) is 0 Å². The van der Waals surface area contributed by atoms with Crippen molar-refractivity contribution in [2.45, 2.75) is 205 Å². The summed E-state index contributed by atoms with van der Waals surface area (Å²) in [4.78, 5) is 25.2. The third-order valence-electron chi connectivity index (χ3n) is 9.01. The van der Waals surface area contributed by atoms with Crippen molar-refractivity contribution >= 4 is 23.0 Å². The molecule has 0 spiro atoms. The summed E-state index contributed by atoms with van der Waals surface area (Å²) in [6, 6.07) is 0. The standard InChI is InChI=1S/C36H68O6S/c1-3-5-7-9-11-13-15-17-19-21-23-25-27-35(37)42-33-29-32(30-34(31-33)43(39)40)36(38)41-28-26-24-22-20-18-16-14-12-10-8-6-4-2/h32-34H,3-31H2,1-2H3,(H,39,40). The molecular formula is C36H68O6S. The van der Waals surface area contributed by atoms with Crippen molar-refractivity contribution in [1.29, 1.82) is 0 Å². The van der Waals surface area contributed by atoms with Gasteiger partial charge in [-0.1, -0.05) is 155 Å². The Labute approximate surface area is 267 Å². The summed E-state index contributed by atoms with van der Waals surface area (Å²) in [5, 5.41) is -0.567. The molecule has 4 atom stereocenters. The molecule has 1 rings (SSSR count). The molecule has 1 aliphatic carbocycles. The predicted molar refractivity (Wildman–Crippen MR) is 180 cm³/mol. The Hall–Kier alpha value is -0.950. The lowest BCUT2D eigenvalue weighted by atomic mass is 9.86. The Morgan fingerprint density at radius 2 is 1.02 bits per heavy atom. The Bertz CT molecular complexity index is 699. The SMILES string of the molecule is CCCCCCCCCCCCCCOC(=O)C1CC(OC(=O)CCCCCCCCCCCCCC)CC(S(=O)O)C1. The second-order valence-electron chi connectivity index (χ2n) is 13.1. The first-order valence-electron chi connectivity index (χ1n) is 18.4. The average Bonchev–Trinajstić information content (AvgIpc) is 2.99. The molecule has 43 heavy (non-hydrogen) atoms. The molecule has 0 saturated heterocycles. The molecule has 1 saturated carbocycles. The van der Waals surface area contributed by atoms with Crippen LogP contribution in [0.5, 0.6) is 0 Å². The van der Waals surface area contributed by atoms with E-state index in [-0.39, 0.29) is 11.9 Å². The lowest BCUT2D eigenvalue weighted by Crippen LogP contribution is -2.38. The predicted octanol–water partition coefficient (Wildman–Crippen LogP) is 10.6. The second-order valence-corrected chi connectivity index (χ2v) is 14.3. The van der Waals surface area contributed by atoms with Crippen LogP contribution in [0.1, 0.15) is 194 Å². The van der Waals surface area contributed by atoms with E-state index in [0.717, 1.165) is 32.1 Å². The Morgan fingerprint density at radius 1 is 0.605 bits per heavy atom. The molecule has 7 heteroatoms. The van der Waals surface area contributed by atoms with Gasteiger partial charge in [-0.05, 0) is 25.7 Å². The molecule has 1 N–H and O–H groups in total. The maximum absolute atomic E-state index is 12.8. The summed E-state index contributed by atoms with van der Waals surface area (Å²) in [6.45, 7) is 4.90. The van der Waals surface area contributed by atoms with Crippen LogP contribution in [-0.4, -0.2) is 38.7 Å². The van der Waals surface area contributed by atoms with Gasteiger partial charge >= 0.3 is 11.9 Å². The number of hydrogen-bond donors (Lipinski definition) is 1. The molecule has 0 amide bonds. The topological polar surface area (TPSA) is 89.9 Å². The number of carbonyl (C=O) groups excluding carboxylic acids is 2. The number of ether oxygens (including phenoxy) is 2.